The Labute approximate surface area is 138 Å². The minimum atomic E-state index is -3.62. The maximum atomic E-state index is 12.5. The molecular formula is C16H25N3O3S. The number of hydrogen-bond acceptors (Lipinski definition) is 4. The smallest absolute Gasteiger partial charge is 0.241 e. The van der Waals surface area contributed by atoms with Crippen molar-refractivity contribution in [3.63, 3.8) is 0 Å². The number of nitrogens with two attached hydrogens (primary N) is 1. The molecule has 0 aliphatic carbocycles. The van der Waals surface area contributed by atoms with E-state index >= 15 is 0 Å². The van der Waals surface area contributed by atoms with Crippen LogP contribution in [-0.4, -0.2) is 44.4 Å². The van der Waals surface area contributed by atoms with Gasteiger partial charge >= 0.3 is 0 Å². The Bertz CT molecular complexity index is 699. The molecule has 0 saturated carbocycles. The Balaban J connectivity index is 2.27. The van der Waals surface area contributed by atoms with Crippen molar-refractivity contribution in [2.45, 2.75) is 44.0 Å². The fourth-order valence-electron chi connectivity index (χ4n) is 2.65. The number of fused-ring (bicyclic) bond motifs is 1. The largest absolute Gasteiger partial charge is 0.342 e. The van der Waals surface area contributed by atoms with Gasteiger partial charge in [0.1, 0.15) is 0 Å². The predicted molar refractivity (Wildman–Crippen MR) is 89.6 cm³/mol. The highest BCUT2D eigenvalue weighted by Crippen LogP contribution is 2.21. The maximum absolute atomic E-state index is 12.5. The fourth-order valence-corrected chi connectivity index (χ4v) is 4.12. The average Bonchev–Trinajstić information content (AvgIpc) is 2.68. The molecule has 7 heteroatoms. The normalized spacial score (nSPS) is 15.9. The van der Waals surface area contributed by atoms with Crippen LogP contribution in [0.5, 0.6) is 0 Å². The first kappa shape index (κ1) is 17.9. The lowest BCUT2D eigenvalue weighted by atomic mass is 10.0. The number of sulfonamides is 1. The van der Waals surface area contributed by atoms with E-state index in [-0.39, 0.29) is 17.3 Å². The molecule has 2 rings (SSSR count). The van der Waals surface area contributed by atoms with E-state index in [0.717, 1.165) is 17.5 Å². The first-order valence-electron chi connectivity index (χ1n) is 7.76. The molecule has 0 unspecified atom stereocenters. The van der Waals surface area contributed by atoms with Crippen LogP contribution < -0.4 is 10.5 Å². The van der Waals surface area contributed by atoms with Gasteiger partial charge in [0.05, 0.1) is 4.90 Å². The van der Waals surface area contributed by atoms with Crippen molar-refractivity contribution in [2.24, 2.45) is 5.73 Å². The number of nitrogens with one attached hydrogen (secondary N) is 1. The van der Waals surface area contributed by atoms with Crippen molar-refractivity contribution in [3.8, 4) is 0 Å². The van der Waals surface area contributed by atoms with E-state index in [4.69, 9.17) is 5.73 Å². The molecule has 1 amide bonds. The van der Waals surface area contributed by atoms with Gasteiger partial charge in [-0.2, -0.15) is 0 Å². The first-order valence-corrected chi connectivity index (χ1v) is 9.24. The summed E-state index contributed by atoms with van der Waals surface area (Å²) in [5.74, 6) is 0.0528. The van der Waals surface area contributed by atoms with Gasteiger partial charge in [0, 0.05) is 32.1 Å². The van der Waals surface area contributed by atoms with Crippen molar-refractivity contribution in [3.05, 3.63) is 29.3 Å². The van der Waals surface area contributed by atoms with E-state index in [1.165, 1.54) is 0 Å². The Hall–Kier alpha value is -1.44. The van der Waals surface area contributed by atoms with Crippen molar-refractivity contribution >= 4 is 15.9 Å². The summed E-state index contributed by atoms with van der Waals surface area (Å²) in [6.07, 6.45) is 1.41. The predicted octanol–water partition coefficient (Wildman–Crippen LogP) is 0.649. The molecule has 128 valence electrons. The zero-order valence-corrected chi connectivity index (χ0v) is 14.7. The molecule has 0 spiro atoms. The van der Waals surface area contributed by atoms with Crippen molar-refractivity contribution in [1.29, 1.82) is 0 Å². The zero-order valence-electron chi connectivity index (χ0n) is 13.9. The molecule has 0 atom stereocenters. The highest BCUT2D eigenvalue weighted by Gasteiger charge is 2.26. The lowest BCUT2D eigenvalue weighted by Gasteiger charge is -2.24. The van der Waals surface area contributed by atoms with Gasteiger partial charge < -0.3 is 10.6 Å². The molecule has 0 aromatic heterocycles. The van der Waals surface area contributed by atoms with Crippen LogP contribution in [0.3, 0.4) is 0 Å². The third-order valence-corrected chi connectivity index (χ3v) is 5.85. The van der Waals surface area contributed by atoms with Gasteiger partial charge in [-0.05, 0) is 49.9 Å². The van der Waals surface area contributed by atoms with Crippen LogP contribution in [0.2, 0.25) is 0 Å². The number of carbonyl (C=O) groups excluding carboxylic acids is 1. The molecule has 1 aliphatic rings. The zero-order chi connectivity index (χ0) is 17.3. The summed E-state index contributed by atoms with van der Waals surface area (Å²) in [6, 6.07) is 5.19. The van der Waals surface area contributed by atoms with Gasteiger partial charge in [0.2, 0.25) is 15.9 Å². The lowest BCUT2D eigenvalue weighted by Crippen LogP contribution is -2.48. The number of benzene rings is 1. The second-order valence-corrected chi connectivity index (χ2v) is 8.31. The topological polar surface area (TPSA) is 92.5 Å². The molecule has 6 nitrogen and oxygen atoms in total. The number of amides is 1. The van der Waals surface area contributed by atoms with Crippen molar-refractivity contribution in [2.75, 3.05) is 19.6 Å². The number of hydrogen-bond donors (Lipinski definition) is 2. The van der Waals surface area contributed by atoms with E-state index < -0.39 is 15.6 Å². The Kier molecular flexibility index (Phi) is 5.13. The van der Waals surface area contributed by atoms with Crippen LogP contribution in [0.4, 0.5) is 0 Å². The molecule has 0 radical (unpaired) electrons. The molecule has 0 fully saturated rings. The van der Waals surface area contributed by atoms with Crippen molar-refractivity contribution in [1.82, 2.24) is 9.62 Å². The number of nitrogens with zero attached hydrogens (tertiary/aromatic N) is 1. The first-order chi connectivity index (χ1) is 10.6. The van der Waals surface area contributed by atoms with Crippen LogP contribution in [0.15, 0.2) is 23.1 Å². The fraction of sp³-hybridized carbons (Fsp3) is 0.562. The summed E-state index contributed by atoms with van der Waals surface area (Å²) < 4.78 is 27.7. The van der Waals surface area contributed by atoms with Crippen LogP contribution in [0.25, 0.3) is 0 Å². The summed E-state index contributed by atoms with van der Waals surface area (Å²) in [6.45, 7) is 6.56. The Morgan fingerprint density at radius 1 is 1.26 bits per heavy atom. The summed E-state index contributed by atoms with van der Waals surface area (Å²) in [5.41, 5.74) is 7.00. The van der Waals surface area contributed by atoms with Gasteiger partial charge in [-0.1, -0.05) is 6.07 Å². The number of rotatable bonds is 4. The van der Waals surface area contributed by atoms with E-state index in [1.807, 2.05) is 6.07 Å². The molecule has 23 heavy (non-hydrogen) atoms. The van der Waals surface area contributed by atoms with Gasteiger partial charge in [-0.3, -0.25) is 4.79 Å². The molecule has 1 aromatic rings. The molecule has 1 aromatic carbocycles. The molecule has 1 heterocycles. The minimum Gasteiger partial charge on any atom is -0.342 e. The molecule has 0 bridgehead atoms. The number of carbonyl (C=O) groups is 1. The second kappa shape index (κ2) is 6.59. The quantitative estimate of drug-likeness (QED) is 0.842. The van der Waals surface area contributed by atoms with E-state index in [9.17, 15) is 13.2 Å². The summed E-state index contributed by atoms with van der Waals surface area (Å²) in [5, 5.41) is 0. The second-order valence-electron chi connectivity index (χ2n) is 6.63. The van der Waals surface area contributed by atoms with E-state index in [1.54, 1.807) is 37.8 Å². The summed E-state index contributed by atoms with van der Waals surface area (Å²) >= 11 is 0. The van der Waals surface area contributed by atoms with Gasteiger partial charge in [-0.25, -0.2) is 13.1 Å². The van der Waals surface area contributed by atoms with Crippen LogP contribution >= 0.6 is 0 Å². The minimum absolute atomic E-state index is 0.0528. The van der Waals surface area contributed by atoms with Gasteiger partial charge in [-0.15, -0.1) is 0 Å². The van der Waals surface area contributed by atoms with Crippen LogP contribution in [0.1, 0.15) is 31.9 Å². The summed E-state index contributed by atoms with van der Waals surface area (Å²) in [4.78, 5) is 13.6. The Morgan fingerprint density at radius 3 is 2.43 bits per heavy atom. The molecule has 0 saturated heterocycles. The van der Waals surface area contributed by atoms with Crippen LogP contribution in [-0.2, 0) is 27.7 Å². The molecule has 3 N–H and O–H groups in total. The Morgan fingerprint density at radius 2 is 1.87 bits per heavy atom. The third kappa shape index (κ3) is 4.31. The highest BCUT2D eigenvalue weighted by atomic mass is 32.2. The standard InChI is InChI=1S/C16H25N3O3S/c1-12(20)19-8-6-13-4-5-15(10-14(13)7-9-19)23(21,22)18-16(2,3)11-17/h4-5,10,18H,6-9,11,17H2,1-3H3. The van der Waals surface area contributed by atoms with Crippen LogP contribution in [0, 0.1) is 0 Å². The van der Waals surface area contributed by atoms with Gasteiger partial charge in [0.25, 0.3) is 0 Å². The molecule has 1 aliphatic heterocycles. The SMILES string of the molecule is CC(=O)N1CCc2ccc(S(=O)(=O)NC(C)(C)CN)cc2CC1. The molecular weight excluding hydrogens is 314 g/mol. The van der Waals surface area contributed by atoms with E-state index in [2.05, 4.69) is 4.72 Å². The van der Waals surface area contributed by atoms with E-state index in [0.29, 0.717) is 19.5 Å². The third-order valence-electron chi connectivity index (χ3n) is 4.16. The highest BCUT2D eigenvalue weighted by molar-refractivity contribution is 7.89. The van der Waals surface area contributed by atoms with Crippen molar-refractivity contribution < 1.29 is 13.2 Å². The lowest BCUT2D eigenvalue weighted by molar-refractivity contribution is -0.128. The maximum Gasteiger partial charge on any atom is 0.241 e. The summed E-state index contributed by atoms with van der Waals surface area (Å²) in [7, 11) is -3.62. The average molecular weight is 339 g/mol. The monoisotopic (exact) mass is 339 g/mol. The van der Waals surface area contributed by atoms with Gasteiger partial charge in [0.15, 0.2) is 0 Å².